The molecule has 2 heterocycles. The summed E-state index contributed by atoms with van der Waals surface area (Å²) in [6.07, 6.45) is 3.21. The summed E-state index contributed by atoms with van der Waals surface area (Å²) in [6, 6.07) is 7.44. The Labute approximate surface area is 196 Å². The molecule has 4 unspecified atom stereocenters. The quantitative estimate of drug-likeness (QED) is 0.290. The summed E-state index contributed by atoms with van der Waals surface area (Å²) in [4.78, 5) is 38.2. The van der Waals surface area contributed by atoms with Gasteiger partial charge < -0.3 is 14.0 Å². The van der Waals surface area contributed by atoms with Crippen molar-refractivity contribution < 1.29 is 27.9 Å². The summed E-state index contributed by atoms with van der Waals surface area (Å²) < 4.78 is 36.7. The number of esters is 1. The maximum atomic E-state index is 13.6. The van der Waals surface area contributed by atoms with E-state index in [1.54, 1.807) is 63.3 Å². The Hall–Kier alpha value is -2.98. The van der Waals surface area contributed by atoms with Crippen LogP contribution in [0, 0.1) is 12.8 Å². The van der Waals surface area contributed by atoms with Crippen LogP contribution in [0.15, 0.2) is 58.3 Å². The molecule has 4 atom stereocenters. The standard InChI is InChI=1S/C22H28N3O8P/c1-14(2)19(21(27)30-4)24-34(29,33-16-8-6-5-7-9-16)31-13-17-10-11-18(32-17)25-12-15(3)20(26)23-22(25)28/h5-12,14,17-19H,13H2,1-4H3,(H,24,29)(H,23,26,28). The highest BCUT2D eigenvalue weighted by Crippen LogP contribution is 2.46. The second kappa shape index (κ2) is 11.0. The van der Waals surface area contributed by atoms with Crippen molar-refractivity contribution in [2.75, 3.05) is 13.7 Å². The first-order chi connectivity index (χ1) is 16.1. The van der Waals surface area contributed by atoms with Crippen LogP contribution in [0.3, 0.4) is 0 Å². The molecule has 1 aliphatic heterocycles. The third kappa shape index (κ3) is 6.32. The van der Waals surface area contributed by atoms with Crippen LogP contribution in [0.25, 0.3) is 0 Å². The molecule has 2 aromatic rings. The van der Waals surface area contributed by atoms with Gasteiger partial charge in [0.1, 0.15) is 17.9 Å². The second-order valence-corrected chi connectivity index (χ2v) is 9.69. The number of methoxy groups -OCH3 is 1. The molecule has 1 aliphatic rings. The summed E-state index contributed by atoms with van der Waals surface area (Å²) in [5.74, 6) is -0.604. The number of aromatic nitrogens is 2. The number of rotatable bonds is 10. The molecule has 1 aromatic heterocycles. The van der Waals surface area contributed by atoms with Crippen LogP contribution >= 0.6 is 7.75 Å². The van der Waals surface area contributed by atoms with Crippen LogP contribution in [0.1, 0.15) is 25.6 Å². The number of carbonyl (C=O) groups excluding carboxylic acids is 1. The topological polar surface area (TPSA) is 138 Å². The lowest BCUT2D eigenvalue weighted by molar-refractivity contribution is -0.143. The van der Waals surface area contributed by atoms with E-state index in [0.717, 1.165) is 0 Å². The van der Waals surface area contributed by atoms with Gasteiger partial charge in [-0.15, -0.1) is 0 Å². The van der Waals surface area contributed by atoms with Crippen molar-refractivity contribution in [1.29, 1.82) is 0 Å². The van der Waals surface area contributed by atoms with Crippen molar-refractivity contribution in [3.63, 3.8) is 0 Å². The molecule has 3 rings (SSSR count). The van der Waals surface area contributed by atoms with Gasteiger partial charge in [0.2, 0.25) is 0 Å². The van der Waals surface area contributed by atoms with Gasteiger partial charge in [0.25, 0.3) is 5.56 Å². The minimum absolute atomic E-state index is 0.201. The van der Waals surface area contributed by atoms with E-state index in [-0.39, 0.29) is 18.3 Å². The lowest BCUT2D eigenvalue weighted by Gasteiger charge is -2.27. The Kier molecular flexibility index (Phi) is 8.27. The van der Waals surface area contributed by atoms with Gasteiger partial charge in [0.05, 0.1) is 13.7 Å². The number of aromatic amines is 1. The summed E-state index contributed by atoms with van der Waals surface area (Å²) in [7, 11) is -2.83. The highest BCUT2D eigenvalue weighted by molar-refractivity contribution is 7.52. The fraction of sp³-hybridized carbons (Fsp3) is 0.409. The normalized spacial score (nSPS) is 20.1. The highest BCUT2D eigenvalue weighted by Gasteiger charge is 2.37. The predicted molar refractivity (Wildman–Crippen MR) is 124 cm³/mol. The van der Waals surface area contributed by atoms with E-state index in [4.69, 9.17) is 18.5 Å². The fourth-order valence-electron chi connectivity index (χ4n) is 3.17. The molecule has 12 heteroatoms. The molecule has 0 bridgehead atoms. The van der Waals surface area contributed by atoms with Gasteiger partial charge in [-0.2, -0.15) is 5.09 Å². The number of nitrogens with zero attached hydrogens (tertiary/aromatic N) is 1. The molecule has 0 saturated heterocycles. The number of carbonyl (C=O) groups is 1. The van der Waals surface area contributed by atoms with Crippen molar-refractivity contribution in [3.8, 4) is 5.75 Å². The second-order valence-electron chi connectivity index (χ2n) is 8.00. The molecule has 34 heavy (non-hydrogen) atoms. The molecule has 0 fully saturated rings. The minimum Gasteiger partial charge on any atom is -0.468 e. The third-order valence-corrected chi connectivity index (χ3v) is 6.56. The van der Waals surface area contributed by atoms with Crippen LogP contribution in [0.2, 0.25) is 0 Å². The Morgan fingerprint density at radius 1 is 1.24 bits per heavy atom. The Bertz CT molecular complexity index is 1190. The maximum Gasteiger partial charge on any atom is 0.459 e. The molecular weight excluding hydrogens is 465 g/mol. The number of hydrogen-bond donors (Lipinski definition) is 2. The first kappa shape index (κ1) is 25.6. The van der Waals surface area contributed by atoms with Crippen molar-refractivity contribution in [1.82, 2.24) is 14.6 Å². The molecule has 0 aliphatic carbocycles. The molecule has 1 aromatic carbocycles. The van der Waals surface area contributed by atoms with E-state index < -0.39 is 43.3 Å². The Balaban J connectivity index is 1.74. The summed E-state index contributed by atoms with van der Waals surface area (Å²) in [5, 5.41) is 2.68. The van der Waals surface area contributed by atoms with Crippen LogP contribution in [0.5, 0.6) is 5.75 Å². The molecule has 0 amide bonds. The zero-order chi connectivity index (χ0) is 24.9. The van der Waals surface area contributed by atoms with Crippen LogP contribution in [-0.2, 0) is 23.4 Å². The van der Waals surface area contributed by atoms with E-state index in [2.05, 4.69) is 10.1 Å². The van der Waals surface area contributed by atoms with Gasteiger partial charge in [-0.25, -0.2) is 9.36 Å². The van der Waals surface area contributed by atoms with Gasteiger partial charge in [0.15, 0.2) is 6.23 Å². The van der Waals surface area contributed by atoms with Crippen molar-refractivity contribution in [2.45, 2.75) is 39.1 Å². The Morgan fingerprint density at radius 3 is 2.59 bits per heavy atom. The lowest BCUT2D eigenvalue weighted by atomic mass is 10.1. The summed E-state index contributed by atoms with van der Waals surface area (Å²) in [6.45, 7) is 4.90. The number of para-hydroxylation sites is 1. The summed E-state index contributed by atoms with van der Waals surface area (Å²) in [5.41, 5.74) is -0.744. The third-order valence-electron chi connectivity index (χ3n) is 5.02. The smallest absolute Gasteiger partial charge is 0.459 e. The number of nitrogens with one attached hydrogen (secondary N) is 2. The van der Waals surface area contributed by atoms with Crippen LogP contribution < -0.4 is 20.9 Å². The van der Waals surface area contributed by atoms with E-state index in [9.17, 15) is 18.9 Å². The van der Waals surface area contributed by atoms with Crippen LogP contribution in [-0.4, -0.2) is 41.4 Å². The van der Waals surface area contributed by atoms with Crippen molar-refractivity contribution in [3.05, 3.63) is 75.1 Å². The molecule has 2 N–H and O–H groups in total. The molecule has 0 spiro atoms. The SMILES string of the molecule is COC(=O)C(NP(=O)(OCC1C=CC(n2cc(C)c(=O)[nH]c2=O)O1)Oc1ccccc1)C(C)C. The van der Waals surface area contributed by atoms with E-state index in [1.807, 2.05) is 0 Å². The number of ether oxygens (including phenoxy) is 2. The molecule has 11 nitrogen and oxygen atoms in total. The number of aryl methyl sites for hydroxylation is 1. The first-order valence-electron chi connectivity index (χ1n) is 10.6. The summed E-state index contributed by atoms with van der Waals surface area (Å²) >= 11 is 0. The van der Waals surface area contributed by atoms with E-state index >= 15 is 0 Å². The average Bonchev–Trinajstić information content (AvgIpc) is 3.27. The number of H-pyrrole nitrogens is 1. The number of benzene rings is 1. The van der Waals surface area contributed by atoms with Crippen molar-refractivity contribution in [2.24, 2.45) is 5.92 Å². The van der Waals surface area contributed by atoms with Gasteiger partial charge in [0, 0.05) is 11.8 Å². The van der Waals surface area contributed by atoms with Gasteiger partial charge >= 0.3 is 19.4 Å². The fourth-order valence-corrected chi connectivity index (χ4v) is 4.84. The zero-order valence-corrected chi connectivity index (χ0v) is 20.2. The molecule has 184 valence electrons. The zero-order valence-electron chi connectivity index (χ0n) is 19.3. The average molecular weight is 493 g/mol. The lowest BCUT2D eigenvalue weighted by Crippen LogP contribution is -2.41. The number of hydrogen-bond acceptors (Lipinski definition) is 8. The maximum absolute atomic E-state index is 13.6. The molecule has 0 radical (unpaired) electrons. The van der Waals surface area contributed by atoms with E-state index in [1.165, 1.54) is 17.9 Å². The Morgan fingerprint density at radius 2 is 1.94 bits per heavy atom. The van der Waals surface area contributed by atoms with Gasteiger partial charge in [-0.1, -0.05) is 38.1 Å². The largest absolute Gasteiger partial charge is 0.468 e. The predicted octanol–water partition coefficient (Wildman–Crippen LogP) is 2.29. The molecular formula is C22H28N3O8P. The van der Waals surface area contributed by atoms with Gasteiger partial charge in [-0.3, -0.25) is 23.7 Å². The van der Waals surface area contributed by atoms with Gasteiger partial charge in [-0.05, 0) is 31.1 Å². The highest BCUT2D eigenvalue weighted by atomic mass is 31.2. The molecule has 0 saturated carbocycles. The van der Waals surface area contributed by atoms with Crippen molar-refractivity contribution >= 4 is 13.7 Å². The van der Waals surface area contributed by atoms with E-state index in [0.29, 0.717) is 5.56 Å². The minimum atomic E-state index is -4.07. The monoisotopic (exact) mass is 493 g/mol. The first-order valence-corrected chi connectivity index (χ1v) is 12.2. The van der Waals surface area contributed by atoms with Crippen LogP contribution in [0.4, 0.5) is 0 Å².